The smallest absolute Gasteiger partial charge is 0.338 e. The third-order valence-electron chi connectivity index (χ3n) is 3.84. The first-order valence-corrected chi connectivity index (χ1v) is 10.1. The summed E-state index contributed by atoms with van der Waals surface area (Å²) in [5.41, 5.74) is 0.755. The van der Waals surface area contributed by atoms with Crippen molar-refractivity contribution in [1.82, 2.24) is 10.6 Å². The van der Waals surface area contributed by atoms with Gasteiger partial charge in [-0.1, -0.05) is 59.6 Å². The van der Waals surface area contributed by atoms with Crippen molar-refractivity contribution in [2.75, 3.05) is 13.1 Å². The Labute approximate surface area is 189 Å². The van der Waals surface area contributed by atoms with E-state index in [0.717, 1.165) is 6.08 Å². The zero-order valence-electron chi connectivity index (χ0n) is 16.4. The number of carbonyl (C=O) groups is 1. The van der Waals surface area contributed by atoms with Gasteiger partial charge >= 0.3 is 12.2 Å². The molecule has 0 saturated carbocycles. The average molecular weight is 482 g/mol. The summed E-state index contributed by atoms with van der Waals surface area (Å²) in [5.74, 6) is -1.92. The predicted octanol–water partition coefficient (Wildman–Crippen LogP) is 7.14. The second-order valence-electron chi connectivity index (χ2n) is 6.18. The molecule has 1 aromatic carbocycles. The largest absolute Gasteiger partial charge is 0.399 e. The van der Waals surface area contributed by atoms with Crippen LogP contribution in [0.25, 0.3) is 0 Å². The van der Waals surface area contributed by atoms with Gasteiger partial charge in [-0.3, -0.25) is 0 Å². The molecule has 0 aliphatic heterocycles. The van der Waals surface area contributed by atoms with Gasteiger partial charge in [0.2, 0.25) is 0 Å². The van der Waals surface area contributed by atoms with E-state index in [0.29, 0.717) is 12.1 Å². The Morgan fingerprint density at radius 2 is 1.80 bits per heavy atom. The number of urea groups is 1. The lowest BCUT2D eigenvalue weighted by Gasteiger charge is -2.18. The molecule has 1 rings (SSSR count). The fourth-order valence-electron chi connectivity index (χ4n) is 2.41. The van der Waals surface area contributed by atoms with E-state index in [4.69, 9.17) is 34.8 Å². The quantitative estimate of drug-likeness (QED) is 0.381. The van der Waals surface area contributed by atoms with Crippen molar-refractivity contribution in [1.29, 1.82) is 0 Å². The molecular formula is C21H22Cl3F3N2O. The van der Waals surface area contributed by atoms with Gasteiger partial charge in [0, 0.05) is 28.2 Å². The second kappa shape index (κ2) is 12.1. The summed E-state index contributed by atoms with van der Waals surface area (Å²) in [5, 5.41) is 5.68. The molecule has 0 aliphatic carbocycles. The van der Waals surface area contributed by atoms with E-state index in [1.54, 1.807) is 19.9 Å². The fraction of sp³-hybridized carbons (Fsp3) is 0.286. The summed E-state index contributed by atoms with van der Waals surface area (Å²) in [7, 11) is 0. The Hall–Kier alpha value is -1.89. The molecule has 2 amide bonds. The van der Waals surface area contributed by atoms with E-state index in [9.17, 15) is 18.0 Å². The Morgan fingerprint density at radius 1 is 1.20 bits per heavy atom. The minimum Gasteiger partial charge on any atom is -0.338 e. The first-order chi connectivity index (χ1) is 14.0. The van der Waals surface area contributed by atoms with Gasteiger partial charge in [0.1, 0.15) is 0 Å². The number of hydrogen-bond donors (Lipinski definition) is 2. The topological polar surface area (TPSA) is 41.1 Å². The summed E-state index contributed by atoms with van der Waals surface area (Å²) in [4.78, 5) is 11.5. The maximum Gasteiger partial charge on any atom is 0.399 e. The summed E-state index contributed by atoms with van der Waals surface area (Å²) in [6.45, 7) is 7.86. The third-order valence-corrected chi connectivity index (χ3v) is 4.63. The van der Waals surface area contributed by atoms with Crippen LogP contribution < -0.4 is 10.6 Å². The van der Waals surface area contributed by atoms with Crippen LogP contribution in [-0.2, 0) is 0 Å². The first kappa shape index (κ1) is 26.1. The summed E-state index contributed by atoms with van der Waals surface area (Å²) in [6, 6.07) is 3.44. The molecule has 0 bridgehead atoms. The van der Waals surface area contributed by atoms with Crippen molar-refractivity contribution >= 4 is 40.8 Å². The molecular weight excluding hydrogens is 460 g/mol. The van der Waals surface area contributed by atoms with Crippen LogP contribution in [0.5, 0.6) is 0 Å². The summed E-state index contributed by atoms with van der Waals surface area (Å²) < 4.78 is 40.6. The van der Waals surface area contributed by atoms with Gasteiger partial charge in [0.15, 0.2) is 0 Å². The SMILES string of the molecule is C=C(/C=C/C(c1cc(Cl)cc(Cl)c1)C(F)(F)F)/C=C(Cl)\C(=C/C)CNC(=O)NCC. The number of allylic oxidation sites excluding steroid dienone is 5. The second-order valence-corrected chi connectivity index (χ2v) is 7.46. The predicted molar refractivity (Wildman–Crippen MR) is 118 cm³/mol. The highest BCUT2D eigenvalue weighted by Crippen LogP contribution is 2.38. The van der Waals surface area contributed by atoms with Crippen LogP contribution in [0.15, 0.2) is 65.3 Å². The highest BCUT2D eigenvalue weighted by atomic mass is 35.5. The van der Waals surface area contributed by atoms with Gasteiger partial charge in [-0.2, -0.15) is 13.2 Å². The summed E-state index contributed by atoms with van der Waals surface area (Å²) in [6.07, 6.45) is 0.746. The number of amides is 2. The summed E-state index contributed by atoms with van der Waals surface area (Å²) >= 11 is 17.9. The number of carbonyl (C=O) groups excluding carboxylic acids is 1. The first-order valence-electron chi connectivity index (χ1n) is 8.92. The van der Waals surface area contributed by atoms with Gasteiger partial charge in [0.05, 0.1) is 5.92 Å². The lowest BCUT2D eigenvalue weighted by Crippen LogP contribution is -2.36. The normalized spacial score (nSPS) is 14.0. The number of hydrogen-bond acceptors (Lipinski definition) is 1. The van der Waals surface area contributed by atoms with Crippen molar-refractivity contribution < 1.29 is 18.0 Å². The number of halogens is 6. The minimum atomic E-state index is -4.55. The van der Waals surface area contributed by atoms with Crippen LogP contribution in [0.2, 0.25) is 10.0 Å². The van der Waals surface area contributed by atoms with Crippen LogP contribution in [0, 0.1) is 0 Å². The van der Waals surface area contributed by atoms with E-state index in [-0.39, 0.29) is 38.8 Å². The zero-order valence-corrected chi connectivity index (χ0v) is 18.7. The molecule has 0 radical (unpaired) electrons. The molecule has 1 atom stereocenters. The fourth-order valence-corrected chi connectivity index (χ4v) is 3.27. The number of benzene rings is 1. The monoisotopic (exact) mass is 480 g/mol. The lowest BCUT2D eigenvalue weighted by atomic mass is 9.97. The van der Waals surface area contributed by atoms with E-state index in [2.05, 4.69) is 17.2 Å². The van der Waals surface area contributed by atoms with Crippen LogP contribution in [0.3, 0.4) is 0 Å². The van der Waals surface area contributed by atoms with Crippen LogP contribution in [-0.4, -0.2) is 25.3 Å². The van der Waals surface area contributed by atoms with Crippen molar-refractivity contribution in [2.45, 2.75) is 25.9 Å². The third kappa shape index (κ3) is 8.86. The molecule has 0 heterocycles. The Bertz CT molecular complexity index is 841. The Kier molecular flexibility index (Phi) is 10.5. The van der Waals surface area contributed by atoms with E-state index >= 15 is 0 Å². The van der Waals surface area contributed by atoms with Crippen molar-refractivity contribution in [3.05, 3.63) is 80.9 Å². The molecule has 3 nitrogen and oxygen atoms in total. The Balaban J connectivity index is 2.99. The molecule has 9 heteroatoms. The molecule has 164 valence electrons. The van der Waals surface area contributed by atoms with Crippen LogP contribution in [0.4, 0.5) is 18.0 Å². The molecule has 2 N–H and O–H groups in total. The molecule has 0 fully saturated rings. The molecule has 0 saturated heterocycles. The van der Waals surface area contributed by atoms with Gasteiger partial charge in [-0.05, 0) is 54.8 Å². The van der Waals surface area contributed by atoms with Gasteiger partial charge in [-0.15, -0.1) is 0 Å². The molecule has 0 aromatic heterocycles. The maximum absolute atomic E-state index is 13.5. The number of alkyl halides is 3. The molecule has 1 unspecified atom stereocenters. The number of rotatable bonds is 8. The van der Waals surface area contributed by atoms with Crippen molar-refractivity contribution in [3.8, 4) is 0 Å². The highest BCUT2D eigenvalue weighted by molar-refractivity contribution is 6.34. The van der Waals surface area contributed by atoms with Gasteiger partial charge in [0.25, 0.3) is 0 Å². The van der Waals surface area contributed by atoms with Crippen LogP contribution >= 0.6 is 34.8 Å². The van der Waals surface area contributed by atoms with E-state index in [1.165, 1.54) is 30.4 Å². The van der Waals surface area contributed by atoms with Crippen molar-refractivity contribution in [2.24, 2.45) is 0 Å². The number of nitrogens with one attached hydrogen (secondary N) is 2. The molecule has 1 aromatic rings. The minimum absolute atomic E-state index is 0.0839. The molecule has 0 spiro atoms. The zero-order chi connectivity index (χ0) is 22.9. The van der Waals surface area contributed by atoms with E-state index in [1.807, 2.05) is 0 Å². The Morgan fingerprint density at radius 3 is 2.30 bits per heavy atom. The standard InChI is InChI=1S/C21H22Cl3F3N2O/c1-4-14(12-29-20(30)28-5-2)19(24)8-13(3)6-7-18(21(25,26)27)15-9-16(22)11-17(23)10-15/h4,6-11,18H,3,5,12H2,1-2H3,(H2,28,29,30)/b7-6+,14-4-,19-8+. The molecule has 0 aliphatic rings. The van der Waals surface area contributed by atoms with E-state index < -0.39 is 12.1 Å². The highest BCUT2D eigenvalue weighted by Gasteiger charge is 2.39. The molecule has 30 heavy (non-hydrogen) atoms. The van der Waals surface area contributed by atoms with Crippen LogP contribution in [0.1, 0.15) is 25.3 Å². The van der Waals surface area contributed by atoms with Gasteiger partial charge < -0.3 is 10.6 Å². The lowest BCUT2D eigenvalue weighted by molar-refractivity contribution is -0.139. The average Bonchev–Trinajstić information content (AvgIpc) is 2.60. The maximum atomic E-state index is 13.5. The van der Waals surface area contributed by atoms with Gasteiger partial charge in [-0.25, -0.2) is 4.79 Å². The van der Waals surface area contributed by atoms with Crippen molar-refractivity contribution in [3.63, 3.8) is 0 Å².